The molecule has 1 aromatic heterocycles. The van der Waals surface area contributed by atoms with Gasteiger partial charge in [0.15, 0.2) is 0 Å². The molecule has 1 aliphatic rings. The molecule has 2 heterocycles. The van der Waals surface area contributed by atoms with Crippen molar-refractivity contribution in [3.05, 3.63) is 48.2 Å². The Labute approximate surface area is 129 Å². The monoisotopic (exact) mass is 301 g/mol. The number of nitrogens with zero attached hydrogens (tertiary/aromatic N) is 2. The van der Waals surface area contributed by atoms with Crippen molar-refractivity contribution in [3.63, 3.8) is 0 Å². The van der Waals surface area contributed by atoms with Gasteiger partial charge in [0, 0.05) is 24.8 Å². The summed E-state index contributed by atoms with van der Waals surface area (Å²) in [6.45, 7) is 2.62. The normalized spacial score (nSPS) is 17.4. The van der Waals surface area contributed by atoms with E-state index in [0.29, 0.717) is 31.0 Å². The van der Waals surface area contributed by atoms with Crippen molar-refractivity contribution in [2.45, 2.75) is 13.0 Å². The van der Waals surface area contributed by atoms with Crippen molar-refractivity contribution >= 4 is 5.95 Å². The molecule has 1 saturated heterocycles. The molecule has 0 spiro atoms. The molecule has 0 aliphatic carbocycles. The summed E-state index contributed by atoms with van der Waals surface area (Å²) in [4.78, 5) is 13.8. The van der Waals surface area contributed by atoms with Crippen LogP contribution in [0.25, 0.3) is 0 Å². The molecule has 0 saturated carbocycles. The Morgan fingerprint density at radius 1 is 1.23 bits per heavy atom. The summed E-state index contributed by atoms with van der Waals surface area (Å²) >= 11 is 0. The minimum absolute atomic E-state index is 0.393. The molecule has 3 rings (SSSR count). The third-order valence-electron chi connectivity index (χ3n) is 3.37. The van der Waals surface area contributed by atoms with E-state index in [2.05, 4.69) is 15.4 Å². The van der Waals surface area contributed by atoms with E-state index in [1.54, 1.807) is 12.3 Å². The van der Waals surface area contributed by atoms with Crippen LogP contribution in [0, 0.1) is 5.92 Å². The van der Waals surface area contributed by atoms with E-state index in [-0.39, 0.29) is 0 Å². The zero-order valence-corrected chi connectivity index (χ0v) is 12.3. The largest absolute Gasteiger partial charge is 0.473 e. The summed E-state index contributed by atoms with van der Waals surface area (Å²) in [6.07, 6.45) is 2.67. The third kappa shape index (κ3) is 4.41. The van der Waals surface area contributed by atoms with Gasteiger partial charge in [-0.25, -0.2) is 10.5 Å². The van der Waals surface area contributed by atoms with Crippen LogP contribution >= 0.6 is 0 Å². The molecule has 116 valence electrons. The van der Waals surface area contributed by atoms with E-state index in [1.807, 2.05) is 30.3 Å². The maximum Gasteiger partial charge on any atom is 0.250 e. The molecule has 1 aromatic carbocycles. The van der Waals surface area contributed by atoms with Gasteiger partial charge in [0.05, 0.1) is 13.2 Å². The zero-order valence-electron chi connectivity index (χ0n) is 12.3. The lowest BCUT2D eigenvalue weighted by atomic mass is 10.1. The molecule has 1 aliphatic heterocycles. The van der Waals surface area contributed by atoms with Gasteiger partial charge in [-0.1, -0.05) is 30.3 Å². The minimum atomic E-state index is 0.393. The average Bonchev–Trinajstić information content (AvgIpc) is 3.08. The highest BCUT2D eigenvalue weighted by atomic mass is 16.6. The van der Waals surface area contributed by atoms with Crippen molar-refractivity contribution < 1.29 is 14.3 Å². The summed E-state index contributed by atoms with van der Waals surface area (Å²) in [5.74, 6) is 1.34. The summed E-state index contributed by atoms with van der Waals surface area (Å²) < 4.78 is 10.9. The van der Waals surface area contributed by atoms with Crippen molar-refractivity contribution in [1.29, 1.82) is 0 Å². The first-order valence-corrected chi connectivity index (χ1v) is 7.35. The van der Waals surface area contributed by atoms with Gasteiger partial charge >= 0.3 is 0 Å². The van der Waals surface area contributed by atoms with E-state index >= 15 is 0 Å². The van der Waals surface area contributed by atoms with Gasteiger partial charge in [-0.2, -0.15) is 4.98 Å². The molecule has 1 atom stereocenters. The third-order valence-corrected chi connectivity index (χ3v) is 3.37. The Balaban J connectivity index is 1.47. The second-order valence-corrected chi connectivity index (χ2v) is 5.14. The second kappa shape index (κ2) is 7.72. The first-order valence-electron chi connectivity index (χ1n) is 7.35. The van der Waals surface area contributed by atoms with Gasteiger partial charge in [0.25, 0.3) is 0 Å². The Hall–Kier alpha value is -2.18. The Morgan fingerprint density at radius 3 is 2.95 bits per heavy atom. The fourth-order valence-corrected chi connectivity index (χ4v) is 2.14. The lowest BCUT2D eigenvalue weighted by Crippen LogP contribution is -2.14. The molecule has 6 heteroatoms. The molecule has 0 amide bonds. The number of ether oxygens (including phenoxy) is 2. The number of hydrogen-bond donors (Lipinski definition) is 1. The maximum atomic E-state index is 5.65. The number of benzene rings is 1. The fourth-order valence-electron chi connectivity index (χ4n) is 2.14. The lowest BCUT2D eigenvalue weighted by Gasteiger charge is -2.10. The van der Waals surface area contributed by atoms with Crippen LogP contribution in [-0.4, -0.2) is 29.8 Å². The predicted octanol–water partition coefficient (Wildman–Crippen LogP) is 2.44. The number of aromatic nitrogens is 2. The molecule has 22 heavy (non-hydrogen) atoms. The van der Waals surface area contributed by atoms with Crippen LogP contribution in [0.3, 0.4) is 0 Å². The zero-order chi connectivity index (χ0) is 15.0. The molecule has 1 N–H and O–H groups in total. The van der Waals surface area contributed by atoms with Crippen molar-refractivity contribution in [2.75, 3.05) is 25.3 Å². The van der Waals surface area contributed by atoms with Crippen molar-refractivity contribution in [2.24, 2.45) is 5.92 Å². The second-order valence-electron chi connectivity index (χ2n) is 5.14. The molecular weight excluding hydrogens is 282 g/mol. The van der Waals surface area contributed by atoms with E-state index < -0.39 is 0 Å². The average molecular weight is 301 g/mol. The van der Waals surface area contributed by atoms with Crippen LogP contribution in [0.15, 0.2) is 42.6 Å². The highest BCUT2D eigenvalue weighted by molar-refractivity contribution is 5.25. The summed E-state index contributed by atoms with van der Waals surface area (Å²) in [6, 6.07) is 11.7. The topological polar surface area (TPSA) is 65.5 Å². The van der Waals surface area contributed by atoms with E-state index in [9.17, 15) is 0 Å². The first-order chi connectivity index (χ1) is 10.9. The number of nitrogens with one attached hydrogen (secondary N) is 1. The highest BCUT2D eigenvalue weighted by Crippen LogP contribution is 2.14. The van der Waals surface area contributed by atoms with Crippen LogP contribution in [-0.2, 0) is 16.2 Å². The molecule has 1 fully saturated rings. The van der Waals surface area contributed by atoms with Crippen molar-refractivity contribution in [1.82, 2.24) is 9.97 Å². The van der Waals surface area contributed by atoms with Crippen LogP contribution in [0.4, 0.5) is 5.95 Å². The Morgan fingerprint density at radius 2 is 2.14 bits per heavy atom. The lowest BCUT2D eigenvalue weighted by molar-refractivity contribution is 0.125. The van der Waals surface area contributed by atoms with E-state index in [4.69, 9.17) is 14.3 Å². The molecule has 0 radical (unpaired) electrons. The minimum Gasteiger partial charge on any atom is -0.473 e. The van der Waals surface area contributed by atoms with Gasteiger partial charge in [-0.15, -0.1) is 0 Å². The first kappa shape index (κ1) is 14.7. The quantitative estimate of drug-likeness (QED) is 0.792. The number of anilines is 1. The maximum absolute atomic E-state index is 5.65. The van der Waals surface area contributed by atoms with Crippen LogP contribution in [0.1, 0.15) is 12.0 Å². The molecule has 6 nitrogen and oxygen atoms in total. The molecular formula is C16H19N3O3. The van der Waals surface area contributed by atoms with Gasteiger partial charge in [0.2, 0.25) is 11.8 Å². The smallest absolute Gasteiger partial charge is 0.250 e. The van der Waals surface area contributed by atoms with Gasteiger partial charge in [-0.3, -0.25) is 4.84 Å². The van der Waals surface area contributed by atoms with Gasteiger partial charge in [0.1, 0.15) is 6.61 Å². The molecule has 0 bridgehead atoms. The van der Waals surface area contributed by atoms with Crippen LogP contribution < -0.4 is 10.2 Å². The standard InChI is InChI=1S/C16H19N3O3/c1-2-4-13(5-3-1)11-21-15-6-8-17-16(18-15)19-22-12-14-7-9-20-10-14/h1-6,8,14H,7,9-12H2,(H,17,18,19). The highest BCUT2D eigenvalue weighted by Gasteiger charge is 2.15. The summed E-state index contributed by atoms with van der Waals surface area (Å²) in [5.41, 5.74) is 3.84. The molecule has 2 aromatic rings. The Kier molecular flexibility index (Phi) is 5.18. The van der Waals surface area contributed by atoms with E-state index in [0.717, 1.165) is 25.2 Å². The van der Waals surface area contributed by atoms with E-state index in [1.165, 1.54) is 0 Å². The van der Waals surface area contributed by atoms with Gasteiger partial charge in [-0.05, 0) is 12.0 Å². The number of hydrogen-bond acceptors (Lipinski definition) is 6. The number of rotatable bonds is 7. The van der Waals surface area contributed by atoms with Crippen LogP contribution in [0.5, 0.6) is 5.88 Å². The SMILES string of the molecule is c1ccc(COc2ccnc(NOCC3CCOC3)n2)cc1. The summed E-state index contributed by atoms with van der Waals surface area (Å²) in [5, 5.41) is 0. The molecule has 1 unspecified atom stereocenters. The predicted molar refractivity (Wildman–Crippen MR) is 81.3 cm³/mol. The van der Waals surface area contributed by atoms with Crippen LogP contribution in [0.2, 0.25) is 0 Å². The fraction of sp³-hybridized carbons (Fsp3) is 0.375. The van der Waals surface area contributed by atoms with Gasteiger partial charge < -0.3 is 9.47 Å². The Bertz CT molecular complexity index is 574. The van der Waals surface area contributed by atoms with Crippen molar-refractivity contribution in [3.8, 4) is 5.88 Å². The summed E-state index contributed by atoms with van der Waals surface area (Å²) in [7, 11) is 0.